The molecule has 5 nitrogen and oxygen atoms in total. The molecule has 160 valence electrons. The smallest absolute Gasteiger partial charge is 0.376 e. The Hall–Kier alpha value is -2.87. The van der Waals surface area contributed by atoms with Gasteiger partial charge < -0.3 is 10.1 Å². The predicted molar refractivity (Wildman–Crippen MR) is 110 cm³/mol. The first-order chi connectivity index (χ1) is 14.2. The zero-order chi connectivity index (χ0) is 21.7. The quantitative estimate of drug-likeness (QED) is 0.558. The Kier molecular flexibility index (Phi) is 6.77. The van der Waals surface area contributed by atoms with E-state index < -0.39 is 17.6 Å². The van der Waals surface area contributed by atoms with Gasteiger partial charge in [0.25, 0.3) is 5.91 Å². The molecule has 0 saturated carbocycles. The van der Waals surface area contributed by atoms with Crippen molar-refractivity contribution in [2.45, 2.75) is 39.0 Å². The van der Waals surface area contributed by atoms with Crippen LogP contribution in [-0.2, 0) is 10.9 Å². The number of anilines is 1. The summed E-state index contributed by atoms with van der Waals surface area (Å²) >= 11 is 0. The molecule has 0 aliphatic carbocycles. The second kappa shape index (κ2) is 9.30. The Morgan fingerprint density at radius 1 is 1.17 bits per heavy atom. The van der Waals surface area contributed by atoms with Gasteiger partial charge in [-0.3, -0.25) is 10.1 Å². The van der Waals surface area contributed by atoms with Gasteiger partial charge >= 0.3 is 6.18 Å². The average molecular weight is 419 g/mol. The Morgan fingerprint density at radius 3 is 2.53 bits per heavy atom. The van der Waals surface area contributed by atoms with Crippen LogP contribution in [0.5, 0.6) is 0 Å². The molecule has 2 aromatic carbocycles. The molecule has 30 heavy (non-hydrogen) atoms. The van der Waals surface area contributed by atoms with Crippen molar-refractivity contribution in [1.29, 1.82) is 0 Å². The van der Waals surface area contributed by atoms with Crippen molar-refractivity contribution in [1.82, 2.24) is 5.32 Å². The molecule has 3 rings (SSSR count). The zero-order valence-corrected chi connectivity index (χ0v) is 16.8. The van der Waals surface area contributed by atoms with Gasteiger partial charge in [-0.15, -0.1) is 0 Å². The summed E-state index contributed by atoms with van der Waals surface area (Å²) < 4.78 is 43.8. The summed E-state index contributed by atoms with van der Waals surface area (Å²) in [4.78, 5) is 17.1. The third kappa shape index (κ3) is 5.60. The Labute approximate surface area is 173 Å². The topological polar surface area (TPSA) is 62.7 Å². The number of nitrogens with zero attached hydrogens (tertiary/aromatic N) is 1. The second-order valence-corrected chi connectivity index (χ2v) is 7.23. The summed E-state index contributed by atoms with van der Waals surface area (Å²) in [6, 6.07) is 9.80. The van der Waals surface area contributed by atoms with Gasteiger partial charge in [-0.25, -0.2) is 4.99 Å². The normalized spacial score (nSPS) is 17.1. The zero-order valence-electron chi connectivity index (χ0n) is 16.8. The summed E-state index contributed by atoms with van der Waals surface area (Å²) in [7, 11) is 0. The number of ether oxygens (including phenoxy) is 1. The summed E-state index contributed by atoms with van der Waals surface area (Å²) in [6.07, 6.45) is -2.60. The van der Waals surface area contributed by atoms with Crippen LogP contribution < -0.4 is 10.6 Å². The van der Waals surface area contributed by atoms with Crippen molar-refractivity contribution >= 4 is 17.6 Å². The molecule has 1 heterocycles. The summed E-state index contributed by atoms with van der Waals surface area (Å²) in [6.45, 7) is 5.00. The van der Waals surface area contributed by atoms with Gasteiger partial charge in [0, 0.05) is 17.9 Å². The van der Waals surface area contributed by atoms with Gasteiger partial charge in [-0.05, 0) is 68.1 Å². The number of benzene rings is 2. The number of hydrogen-bond donors (Lipinski definition) is 2. The minimum atomic E-state index is -4.45. The Morgan fingerprint density at radius 2 is 1.90 bits per heavy atom. The lowest BCUT2D eigenvalue weighted by atomic mass is 10.1. The van der Waals surface area contributed by atoms with Crippen molar-refractivity contribution < 1.29 is 22.7 Å². The molecule has 8 heteroatoms. The number of rotatable bonds is 4. The number of guanidine groups is 1. The number of hydrogen-bond acceptors (Lipinski definition) is 3. The summed E-state index contributed by atoms with van der Waals surface area (Å²) in [5.74, 6) is -0.322. The van der Waals surface area contributed by atoms with Crippen LogP contribution in [0.3, 0.4) is 0 Å². The van der Waals surface area contributed by atoms with Gasteiger partial charge in [0.05, 0.1) is 18.2 Å². The van der Waals surface area contributed by atoms with Crippen LogP contribution in [0.1, 0.15) is 39.9 Å². The second-order valence-electron chi connectivity index (χ2n) is 7.23. The molecule has 1 fully saturated rings. The summed E-state index contributed by atoms with van der Waals surface area (Å²) in [5.41, 5.74) is 2.17. The molecule has 2 N–H and O–H groups in total. The fraction of sp³-hybridized carbons (Fsp3) is 0.364. The number of nitrogens with one attached hydrogen (secondary N) is 2. The van der Waals surface area contributed by atoms with Crippen molar-refractivity contribution in [2.24, 2.45) is 4.99 Å². The van der Waals surface area contributed by atoms with E-state index in [-0.39, 0.29) is 17.6 Å². The van der Waals surface area contributed by atoms with Crippen LogP contribution in [0.15, 0.2) is 47.5 Å². The highest BCUT2D eigenvalue weighted by Crippen LogP contribution is 2.29. The van der Waals surface area contributed by atoms with E-state index in [9.17, 15) is 18.0 Å². The monoisotopic (exact) mass is 419 g/mol. The first kappa shape index (κ1) is 21.8. The maximum atomic E-state index is 12.8. The van der Waals surface area contributed by atoms with Crippen LogP contribution in [-0.4, -0.2) is 31.1 Å². The average Bonchev–Trinajstić information content (AvgIpc) is 3.22. The molecule has 0 aromatic heterocycles. The van der Waals surface area contributed by atoms with Gasteiger partial charge in [-0.1, -0.05) is 12.1 Å². The van der Waals surface area contributed by atoms with Crippen molar-refractivity contribution in [2.75, 3.05) is 18.5 Å². The molecule has 1 aliphatic heterocycles. The highest BCUT2D eigenvalue weighted by molar-refractivity contribution is 6.10. The number of halogens is 3. The molecular formula is C22H24F3N3O2. The van der Waals surface area contributed by atoms with E-state index in [0.717, 1.165) is 53.9 Å². The van der Waals surface area contributed by atoms with Gasteiger partial charge in [0.15, 0.2) is 0 Å². The molecule has 2 aromatic rings. The van der Waals surface area contributed by atoms with E-state index in [1.54, 1.807) is 0 Å². The lowest BCUT2D eigenvalue weighted by Gasteiger charge is -2.16. The highest BCUT2D eigenvalue weighted by atomic mass is 19.4. The van der Waals surface area contributed by atoms with Gasteiger partial charge in [-0.2, -0.15) is 13.2 Å². The molecule has 1 saturated heterocycles. The molecule has 0 unspecified atom stereocenters. The molecule has 1 aliphatic rings. The van der Waals surface area contributed by atoms with Gasteiger partial charge in [0.1, 0.15) is 0 Å². The molecule has 0 bridgehead atoms. The molecule has 1 atom stereocenters. The largest absolute Gasteiger partial charge is 0.416 e. The van der Waals surface area contributed by atoms with Crippen LogP contribution in [0.2, 0.25) is 0 Å². The number of amides is 1. The maximum Gasteiger partial charge on any atom is 0.416 e. The molecule has 1 amide bonds. The third-order valence-corrected chi connectivity index (χ3v) is 5.04. The SMILES string of the molecule is Cc1cccc(NC(=NC[C@H]2CCCO2)NC(=O)c2ccc(C(F)(F)F)cc2)c1C. The number of aliphatic imine (C=N–C) groups is 1. The van der Waals surface area contributed by atoms with Gasteiger partial charge in [0.2, 0.25) is 5.96 Å². The standard InChI is InChI=1S/C22H24F3N3O2/c1-14-5-3-7-19(15(14)2)27-21(26-13-18-6-4-12-30-18)28-20(29)16-8-10-17(11-9-16)22(23,24)25/h3,5,7-11,18H,4,6,12-13H2,1-2H3,(H2,26,27,28,29)/t18-/m1/s1. The van der Waals surface area contributed by atoms with E-state index >= 15 is 0 Å². The van der Waals surface area contributed by atoms with Crippen molar-refractivity contribution in [3.05, 3.63) is 64.7 Å². The fourth-order valence-electron chi connectivity index (χ4n) is 3.10. The number of carbonyl (C=O) groups is 1. The predicted octanol–water partition coefficient (Wildman–Crippen LogP) is 4.70. The minimum Gasteiger partial charge on any atom is -0.376 e. The summed E-state index contributed by atoms with van der Waals surface area (Å²) in [5, 5.41) is 5.80. The number of carbonyl (C=O) groups excluding carboxylic acids is 1. The Balaban J connectivity index is 1.77. The minimum absolute atomic E-state index is 0.0108. The molecule has 0 radical (unpaired) electrons. The first-order valence-corrected chi connectivity index (χ1v) is 9.72. The molecule has 0 spiro atoms. The Bertz CT molecular complexity index is 918. The van der Waals surface area contributed by atoms with E-state index in [1.165, 1.54) is 0 Å². The number of aryl methyl sites for hydroxylation is 1. The first-order valence-electron chi connectivity index (χ1n) is 9.72. The van der Waals surface area contributed by atoms with Crippen molar-refractivity contribution in [3.8, 4) is 0 Å². The lowest BCUT2D eigenvalue weighted by Crippen LogP contribution is -2.37. The van der Waals surface area contributed by atoms with Crippen LogP contribution in [0.4, 0.5) is 18.9 Å². The van der Waals surface area contributed by atoms with Crippen molar-refractivity contribution in [3.63, 3.8) is 0 Å². The lowest BCUT2D eigenvalue weighted by molar-refractivity contribution is -0.137. The number of alkyl halides is 3. The van der Waals surface area contributed by atoms with Crippen LogP contribution in [0.25, 0.3) is 0 Å². The van der Waals surface area contributed by atoms with E-state index in [2.05, 4.69) is 15.6 Å². The van der Waals surface area contributed by atoms with E-state index in [1.807, 2.05) is 32.0 Å². The van der Waals surface area contributed by atoms with E-state index in [0.29, 0.717) is 13.2 Å². The van der Waals surface area contributed by atoms with E-state index in [4.69, 9.17) is 4.74 Å². The fourth-order valence-corrected chi connectivity index (χ4v) is 3.10. The van der Waals surface area contributed by atoms with Crippen LogP contribution >= 0.6 is 0 Å². The third-order valence-electron chi connectivity index (χ3n) is 5.04. The maximum absolute atomic E-state index is 12.8. The molecular weight excluding hydrogens is 395 g/mol. The van der Waals surface area contributed by atoms with Crippen LogP contribution in [0, 0.1) is 13.8 Å². The highest BCUT2D eigenvalue weighted by Gasteiger charge is 2.30.